The molecule has 0 aliphatic rings. The Balaban J connectivity index is 2.59. The molecule has 0 N–H and O–H groups in total. The molecule has 0 aliphatic carbocycles. The van der Waals surface area contributed by atoms with Crippen LogP contribution in [0.15, 0.2) is 18.2 Å². The quantitative estimate of drug-likeness (QED) is 0.516. The van der Waals surface area contributed by atoms with Gasteiger partial charge in [0.15, 0.2) is 11.6 Å². The van der Waals surface area contributed by atoms with Crippen LogP contribution in [0.4, 0.5) is 4.39 Å². The Labute approximate surface area is 134 Å². The molecule has 1 aromatic heterocycles. The summed E-state index contributed by atoms with van der Waals surface area (Å²) in [6, 6.07) is 4.74. The molecule has 0 spiro atoms. The lowest BCUT2D eigenvalue weighted by Gasteiger charge is -2.08. The molecule has 0 saturated heterocycles. The van der Waals surface area contributed by atoms with Crippen molar-refractivity contribution in [2.75, 3.05) is 0 Å². The lowest BCUT2D eigenvalue weighted by Crippen LogP contribution is -2.01. The molecule has 1 aromatic carbocycles. The van der Waals surface area contributed by atoms with Gasteiger partial charge in [0, 0.05) is 0 Å². The molecule has 1 heterocycles. The minimum Gasteiger partial charge on any atom is -0.232 e. The molecule has 2 aromatic rings. The smallest absolute Gasteiger partial charge is 0.164 e. The first-order valence-electron chi connectivity index (χ1n) is 5.71. The fourth-order valence-electron chi connectivity index (χ4n) is 1.66. The van der Waals surface area contributed by atoms with E-state index in [-0.39, 0.29) is 16.4 Å². The summed E-state index contributed by atoms with van der Waals surface area (Å²) in [5.41, 5.74) is 1.10. The summed E-state index contributed by atoms with van der Waals surface area (Å²) in [5, 5.41) is 0.390. The number of aryl methyl sites for hydroxylation is 1. The van der Waals surface area contributed by atoms with Gasteiger partial charge in [0.05, 0.1) is 19.9 Å². The van der Waals surface area contributed by atoms with Gasteiger partial charge in [-0.25, -0.2) is 14.4 Å². The lowest BCUT2D eigenvalue weighted by molar-refractivity contribution is 0.630. The molecule has 6 heteroatoms. The first-order chi connectivity index (χ1) is 9.04. The Kier molecular flexibility index (Phi) is 4.97. The normalized spacial score (nSPS) is 10.8. The first kappa shape index (κ1) is 14.9. The van der Waals surface area contributed by atoms with E-state index in [2.05, 4.69) is 32.6 Å². The van der Waals surface area contributed by atoms with Crippen LogP contribution in [0.25, 0.3) is 11.4 Å². The standard InChI is InChI=1S/C13H10Cl2FIN2/c1-2-4-9-11(17)12(15)19-13(18-9)7-5-3-6-8(14)10(7)16/h3,5-6H,2,4H2,1H3. The Hall–Kier alpha value is -0.460. The molecule has 0 amide bonds. The van der Waals surface area contributed by atoms with Gasteiger partial charge in [-0.05, 0) is 41.1 Å². The maximum atomic E-state index is 14.0. The summed E-state index contributed by atoms with van der Waals surface area (Å²) < 4.78 is 14.8. The molecule has 2 nitrogen and oxygen atoms in total. The molecule has 0 unspecified atom stereocenters. The average Bonchev–Trinajstić information content (AvgIpc) is 2.38. The molecule has 2 rings (SSSR count). The van der Waals surface area contributed by atoms with Crippen LogP contribution >= 0.6 is 45.8 Å². The minimum absolute atomic E-state index is 0.0489. The van der Waals surface area contributed by atoms with Crippen LogP contribution < -0.4 is 0 Å². The van der Waals surface area contributed by atoms with E-state index in [1.54, 1.807) is 12.1 Å². The van der Waals surface area contributed by atoms with E-state index < -0.39 is 5.82 Å². The topological polar surface area (TPSA) is 25.8 Å². The summed E-state index contributed by atoms with van der Waals surface area (Å²) in [5.74, 6) is -0.252. The zero-order valence-electron chi connectivity index (χ0n) is 10.1. The summed E-state index contributed by atoms with van der Waals surface area (Å²) in [6.45, 7) is 2.05. The van der Waals surface area contributed by atoms with Gasteiger partial charge in [0.2, 0.25) is 0 Å². The first-order valence-corrected chi connectivity index (χ1v) is 7.54. The highest BCUT2D eigenvalue weighted by Crippen LogP contribution is 2.28. The van der Waals surface area contributed by atoms with Crippen LogP contribution in [-0.2, 0) is 6.42 Å². The largest absolute Gasteiger partial charge is 0.232 e. The second kappa shape index (κ2) is 6.33. The summed E-state index contributed by atoms with van der Waals surface area (Å²) in [4.78, 5) is 8.53. The zero-order valence-corrected chi connectivity index (χ0v) is 13.7. The number of hydrogen-bond acceptors (Lipinski definition) is 2. The van der Waals surface area contributed by atoms with E-state index >= 15 is 0 Å². The highest BCUT2D eigenvalue weighted by atomic mass is 127. The zero-order chi connectivity index (χ0) is 14.0. The monoisotopic (exact) mass is 410 g/mol. The van der Waals surface area contributed by atoms with Crippen molar-refractivity contribution in [3.05, 3.63) is 43.5 Å². The van der Waals surface area contributed by atoms with Crippen LogP contribution in [0.3, 0.4) is 0 Å². The fourth-order valence-corrected chi connectivity index (χ4v) is 2.54. The van der Waals surface area contributed by atoms with Crippen molar-refractivity contribution in [3.8, 4) is 11.4 Å². The van der Waals surface area contributed by atoms with Gasteiger partial charge in [-0.1, -0.05) is 42.6 Å². The van der Waals surface area contributed by atoms with Gasteiger partial charge in [0.25, 0.3) is 0 Å². The molecule has 0 fully saturated rings. The van der Waals surface area contributed by atoms with E-state index in [9.17, 15) is 4.39 Å². The minimum atomic E-state index is -0.524. The van der Waals surface area contributed by atoms with Gasteiger partial charge in [0.1, 0.15) is 5.15 Å². The Morgan fingerprint density at radius 3 is 2.68 bits per heavy atom. The lowest BCUT2D eigenvalue weighted by atomic mass is 10.2. The van der Waals surface area contributed by atoms with Crippen molar-refractivity contribution in [3.63, 3.8) is 0 Å². The van der Waals surface area contributed by atoms with Crippen LogP contribution in [0.5, 0.6) is 0 Å². The van der Waals surface area contributed by atoms with Crippen molar-refractivity contribution in [2.45, 2.75) is 19.8 Å². The van der Waals surface area contributed by atoms with E-state index in [0.717, 1.165) is 22.1 Å². The molecule has 100 valence electrons. The highest BCUT2D eigenvalue weighted by molar-refractivity contribution is 14.1. The molecule has 0 atom stereocenters. The van der Waals surface area contributed by atoms with Crippen molar-refractivity contribution >= 4 is 45.8 Å². The molecular weight excluding hydrogens is 401 g/mol. The Morgan fingerprint density at radius 1 is 1.26 bits per heavy atom. The predicted molar refractivity (Wildman–Crippen MR) is 84.2 cm³/mol. The molecule has 19 heavy (non-hydrogen) atoms. The van der Waals surface area contributed by atoms with E-state index in [4.69, 9.17) is 23.2 Å². The molecule has 0 saturated carbocycles. The van der Waals surface area contributed by atoms with Crippen molar-refractivity contribution < 1.29 is 4.39 Å². The van der Waals surface area contributed by atoms with Crippen molar-refractivity contribution in [1.82, 2.24) is 9.97 Å². The summed E-state index contributed by atoms with van der Waals surface area (Å²) >= 11 is 14.0. The maximum absolute atomic E-state index is 14.0. The second-order valence-electron chi connectivity index (χ2n) is 3.95. The van der Waals surface area contributed by atoms with E-state index in [1.807, 2.05) is 6.92 Å². The van der Waals surface area contributed by atoms with E-state index in [0.29, 0.717) is 5.15 Å². The van der Waals surface area contributed by atoms with Gasteiger partial charge in [-0.15, -0.1) is 0 Å². The molecule has 0 radical (unpaired) electrons. The third-order valence-electron chi connectivity index (χ3n) is 2.56. The molecule has 0 bridgehead atoms. The number of aromatic nitrogens is 2. The Bertz CT molecular complexity index is 620. The van der Waals surface area contributed by atoms with Gasteiger partial charge in [-0.2, -0.15) is 0 Å². The predicted octanol–water partition coefficient (Wildman–Crippen LogP) is 5.15. The molecule has 0 aliphatic heterocycles. The van der Waals surface area contributed by atoms with Crippen LogP contribution in [0, 0.1) is 9.39 Å². The SMILES string of the molecule is CCCc1nc(-c2cccc(Cl)c2F)nc(Cl)c1I. The van der Waals surface area contributed by atoms with Crippen molar-refractivity contribution in [2.24, 2.45) is 0 Å². The number of nitrogens with zero attached hydrogens (tertiary/aromatic N) is 2. The number of halogens is 4. The highest BCUT2D eigenvalue weighted by Gasteiger charge is 2.15. The summed E-state index contributed by atoms with van der Waals surface area (Å²) in [7, 11) is 0. The van der Waals surface area contributed by atoms with Crippen LogP contribution in [0.1, 0.15) is 19.0 Å². The maximum Gasteiger partial charge on any atom is 0.164 e. The van der Waals surface area contributed by atoms with Gasteiger partial charge >= 0.3 is 0 Å². The van der Waals surface area contributed by atoms with Crippen molar-refractivity contribution in [1.29, 1.82) is 0 Å². The van der Waals surface area contributed by atoms with Gasteiger partial charge < -0.3 is 0 Å². The molecular formula is C13H10Cl2FIN2. The number of rotatable bonds is 3. The number of hydrogen-bond donors (Lipinski definition) is 0. The second-order valence-corrected chi connectivity index (χ2v) is 5.79. The van der Waals surface area contributed by atoms with Crippen LogP contribution in [0.2, 0.25) is 10.2 Å². The number of benzene rings is 1. The summed E-state index contributed by atoms with van der Waals surface area (Å²) in [6.07, 6.45) is 1.70. The Morgan fingerprint density at radius 2 is 2.00 bits per heavy atom. The fraction of sp³-hybridized carbons (Fsp3) is 0.231. The average molecular weight is 411 g/mol. The van der Waals surface area contributed by atoms with Crippen LogP contribution in [-0.4, -0.2) is 9.97 Å². The third kappa shape index (κ3) is 3.17. The van der Waals surface area contributed by atoms with E-state index in [1.165, 1.54) is 6.07 Å². The van der Waals surface area contributed by atoms with Gasteiger partial charge in [-0.3, -0.25) is 0 Å². The third-order valence-corrected chi connectivity index (χ3v) is 4.58.